The van der Waals surface area contributed by atoms with Crippen LogP contribution in [-0.4, -0.2) is 19.1 Å². The summed E-state index contributed by atoms with van der Waals surface area (Å²) in [5.41, 5.74) is 15.5. The standard InChI is InChI=1S/C48H26N6/c1-50-38-25-40-39(20-27(38)26-49)51-47-45-34-21-32-30-16-8-10-18-41(30)53(28-12-4-2-5-13-28)43(32)23-36(34)46(48(47)52-40)37-24-44-33(22-35(37)45)31-17-9-11-19-42(31)54(44)29-14-6-3-7-15-29/h2-25,45-46H. The molecule has 10 aromatic rings. The Hall–Kier alpha value is -7.54. The second-order valence-electron chi connectivity index (χ2n) is 14.3. The van der Waals surface area contributed by atoms with Crippen molar-refractivity contribution in [3.05, 3.63) is 196 Å². The Balaban J connectivity index is 1.21. The Morgan fingerprint density at radius 1 is 0.500 bits per heavy atom. The third kappa shape index (κ3) is 3.71. The van der Waals surface area contributed by atoms with Gasteiger partial charge < -0.3 is 9.13 Å². The lowest BCUT2D eigenvalue weighted by Gasteiger charge is -2.41. The highest BCUT2D eigenvalue weighted by molar-refractivity contribution is 6.12. The van der Waals surface area contributed by atoms with E-state index in [0.29, 0.717) is 22.3 Å². The fraction of sp³-hybridized carbons (Fsp3) is 0.0417. The van der Waals surface area contributed by atoms with Gasteiger partial charge >= 0.3 is 0 Å². The zero-order valence-corrected chi connectivity index (χ0v) is 28.7. The Morgan fingerprint density at radius 3 is 1.43 bits per heavy atom. The van der Waals surface area contributed by atoms with Crippen molar-refractivity contribution in [2.24, 2.45) is 0 Å². The van der Waals surface area contributed by atoms with Gasteiger partial charge in [0.05, 0.1) is 74.5 Å². The van der Waals surface area contributed by atoms with Crippen LogP contribution in [0.25, 0.3) is 70.9 Å². The van der Waals surface area contributed by atoms with Crippen LogP contribution < -0.4 is 0 Å². The molecule has 0 spiro atoms. The minimum Gasteiger partial charge on any atom is -0.309 e. The van der Waals surface area contributed by atoms with E-state index in [1.165, 1.54) is 43.8 Å². The number of rotatable bonds is 2. The first-order chi connectivity index (χ1) is 26.7. The minimum absolute atomic E-state index is 0.176. The van der Waals surface area contributed by atoms with E-state index in [4.69, 9.17) is 16.5 Å². The summed E-state index contributed by atoms with van der Waals surface area (Å²) in [7, 11) is 0. The fourth-order valence-electron chi connectivity index (χ4n) is 9.46. The van der Waals surface area contributed by atoms with E-state index in [0.717, 1.165) is 44.8 Å². The van der Waals surface area contributed by atoms with Crippen molar-refractivity contribution in [2.45, 2.75) is 11.8 Å². The molecule has 0 fully saturated rings. The summed E-state index contributed by atoms with van der Waals surface area (Å²) in [5.74, 6) is -0.373. The highest BCUT2D eigenvalue weighted by atomic mass is 15.0. The molecule has 0 saturated heterocycles. The molecule has 3 aliphatic carbocycles. The fourth-order valence-corrected chi connectivity index (χ4v) is 9.46. The molecule has 3 aromatic heterocycles. The lowest BCUT2D eigenvalue weighted by Crippen LogP contribution is -2.30. The second kappa shape index (κ2) is 10.5. The van der Waals surface area contributed by atoms with Crippen LogP contribution in [0.2, 0.25) is 0 Å². The zero-order chi connectivity index (χ0) is 35.7. The van der Waals surface area contributed by atoms with Gasteiger partial charge in [0.25, 0.3) is 0 Å². The molecule has 0 N–H and O–H groups in total. The number of fused-ring (bicyclic) bond motifs is 7. The van der Waals surface area contributed by atoms with Crippen molar-refractivity contribution < 1.29 is 0 Å². The smallest absolute Gasteiger partial charge is 0.206 e. The van der Waals surface area contributed by atoms with Gasteiger partial charge in [0, 0.05) is 32.9 Å². The van der Waals surface area contributed by atoms with Crippen molar-refractivity contribution in [3.8, 4) is 17.4 Å². The SMILES string of the molecule is [C-]#[N+]c1cc2nc3c(nc2cc1C#N)C1c2cc4c5ccccc5n(-c5ccccc5)c4cc2C3c2cc3c(cc21)c1ccccc1n3-c1ccccc1. The molecule has 3 heterocycles. The molecule has 6 nitrogen and oxygen atoms in total. The molecular weight excluding hydrogens is 661 g/mol. The predicted molar refractivity (Wildman–Crippen MR) is 214 cm³/mol. The number of para-hydroxylation sites is 4. The summed E-state index contributed by atoms with van der Waals surface area (Å²) in [4.78, 5) is 14.4. The molecule has 3 aliphatic rings. The molecule has 54 heavy (non-hydrogen) atoms. The van der Waals surface area contributed by atoms with E-state index >= 15 is 0 Å². The van der Waals surface area contributed by atoms with Gasteiger partial charge in [0.15, 0.2) is 0 Å². The van der Waals surface area contributed by atoms with Crippen molar-refractivity contribution in [3.63, 3.8) is 0 Å². The van der Waals surface area contributed by atoms with Gasteiger partial charge in [-0.1, -0.05) is 72.8 Å². The zero-order valence-electron chi connectivity index (χ0n) is 28.7. The molecule has 0 radical (unpaired) electrons. The van der Waals surface area contributed by atoms with Crippen molar-refractivity contribution >= 4 is 60.3 Å². The maximum atomic E-state index is 9.91. The van der Waals surface area contributed by atoms with Crippen molar-refractivity contribution in [1.29, 1.82) is 5.26 Å². The van der Waals surface area contributed by atoms with Crippen LogP contribution in [0.5, 0.6) is 0 Å². The summed E-state index contributed by atoms with van der Waals surface area (Å²) in [6, 6.07) is 53.7. The molecule has 0 amide bonds. The van der Waals surface area contributed by atoms with E-state index in [2.05, 4.69) is 154 Å². The normalized spacial score (nSPS) is 15.4. The predicted octanol–water partition coefficient (Wildman–Crippen LogP) is 11.2. The number of benzene rings is 7. The summed E-state index contributed by atoms with van der Waals surface area (Å²) in [6.07, 6.45) is 0. The molecule has 6 heteroatoms. The Bertz CT molecular complexity index is 3190. The summed E-state index contributed by atoms with van der Waals surface area (Å²) in [5, 5.41) is 14.7. The highest BCUT2D eigenvalue weighted by Gasteiger charge is 2.45. The number of nitriles is 1. The topological polar surface area (TPSA) is 63.8 Å². The number of nitrogens with zero attached hydrogens (tertiary/aromatic N) is 6. The molecule has 0 aliphatic heterocycles. The lowest BCUT2D eigenvalue weighted by atomic mass is 9.63. The summed E-state index contributed by atoms with van der Waals surface area (Å²) >= 11 is 0. The summed E-state index contributed by atoms with van der Waals surface area (Å²) < 4.78 is 4.76. The van der Waals surface area contributed by atoms with Gasteiger partial charge in [-0.2, -0.15) is 5.26 Å². The average molecular weight is 687 g/mol. The number of hydrogen-bond acceptors (Lipinski definition) is 3. The van der Waals surface area contributed by atoms with E-state index in [1.807, 2.05) is 0 Å². The maximum absolute atomic E-state index is 9.91. The molecular formula is C48H26N6. The Labute approximate surface area is 309 Å². The van der Waals surface area contributed by atoms with E-state index in [-0.39, 0.29) is 11.8 Å². The minimum atomic E-state index is -0.197. The van der Waals surface area contributed by atoms with Crippen LogP contribution in [0.4, 0.5) is 5.69 Å². The van der Waals surface area contributed by atoms with Crippen molar-refractivity contribution in [2.75, 3.05) is 0 Å². The van der Waals surface area contributed by atoms with Crippen LogP contribution in [0.1, 0.15) is 51.0 Å². The second-order valence-corrected chi connectivity index (χ2v) is 14.3. The average Bonchev–Trinajstić information content (AvgIpc) is 3.73. The third-order valence-electron chi connectivity index (χ3n) is 11.7. The molecule has 2 bridgehead atoms. The highest BCUT2D eigenvalue weighted by Crippen LogP contribution is 2.57. The first-order valence-electron chi connectivity index (χ1n) is 18.1. The third-order valence-corrected chi connectivity index (χ3v) is 11.7. The molecule has 0 atom stereocenters. The first-order valence-corrected chi connectivity index (χ1v) is 18.1. The maximum Gasteiger partial charge on any atom is 0.206 e. The molecule has 248 valence electrons. The quantitative estimate of drug-likeness (QED) is 0.170. The summed E-state index contributed by atoms with van der Waals surface area (Å²) in [6.45, 7) is 7.78. The van der Waals surface area contributed by atoms with Gasteiger partial charge in [-0.3, -0.25) is 0 Å². The lowest BCUT2D eigenvalue weighted by molar-refractivity contribution is 0.712. The van der Waals surface area contributed by atoms with E-state index in [9.17, 15) is 5.26 Å². The van der Waals surface area contributed by atoms with Crippen molar-refractivity contribution in [1.82, 2.24) is 19.1 Å². The molecule has 13 rings (SSSR count). The van der Waals surface area contributed by atoms with Crippen LogP contribution in [0.3, 0.4) is 0 Å². The van der Waals surface area contributed by atoms with Gasteiger partial charge in [-0.15, -0.1) is 0 Å². The molecule has 7 aromatic carbocycles. The van der Waals surface area contributed by atoms with Gasteiger partial charge in [-0.25, -0.2) is 14.8 Å². The Kier molecular flexibility index (Phi) is 5.66. The van der Waals surface area contributed by atoms with Gasteiger partial charge in [-0.05, 0) is 95.1 Å². The van der Waals surface area contributed by atoms with Crippen LogP contribution in [0, 0.1) is 17.9 Å². The van der Waals surface area contributed by atoms with Crippen LogP contribution >= 0.6 is 0 Å². The number of hydrogen-bond donors (Lipinski definition) is 0. The Morgan fingerprint density at radius 2 is 0.944 bits per heavy atom. The largest absolute Gasteiger partial charge is 0.309 e. The first kappa shape index (κ1) is 29.1. The monoisotopic (exact) mass is 686 g/mol. The van der Waals surface area contributed by atoms with Gasteiger partial charge in [0.2, 0.25) is 5.69 Å². The molecule has 0 saturated carbocycles. The van der Waals surface area contributed by atoms with Crippen LogP contribution in [-0.2, 0) is 0 Å². The van der Waals surface area contributed by atoms with Gasteiger partial charge in [0.1, 0.15) is 0 Å². The van der Waals surface area contributed by atoms with E-state index < -0.39 is 0 Å². The van der Waals surface area contributed by atoms with E-state index in [1.54, 1.807) is 12.1 Å². The number of aromatic nitrogens is 4. The molecule has 0 unspecified atom stereocenters. The van der Waals surface area contributed by atoms with Crippen LogP contribution in [0.15, 0.2) is 146 Å².